The Bertz CT molecular complexity index is 8.92. The van der Waals surface area contributed by atoms with Gasteiger partial charge in [-0.25, -0.2) is 0 Å². The third-order valence-corrected chi connectivity index (χ3v) is 0. The van der Waals surface area contributed by atoms with Gasteiger partial charge >= 0.3 is 0 Å². The Morgan fingerprint density at radius 1 is 0.222 bits per heavy atom. The lowest BCUT2D eigenvalue weighted by molar-refractivity contribution is 1.11. The van der Waals surface area contributed by atoms with Crippen molar-refractivity contribution in [3.63, 3.8) is 0 Å². The molecule has 0 fully saturated rings. The monoisotopic (exact) mass is 168 g/mol. The highest BCUT2D eigenvalue weighted by molar-refractivity contribution is 2.14. The molecule has 0 saturated carbocycles. The first-order valence-electron chi connectivity index (χ1n) is 0. The van der Waals surface area contributed by atoms with Gasteiger partial charge in [0, 0.05) is 0 Å². The fourth-order valence-corrected chi connectivity index (χ4v) is 0. The fraction of sp³-hybridized carbons (Fsp3) is 0. The van der Waals surface area contributed by atoms with Crippen molar-refractivity contribution in [1.82, 2.24) is 24.6 Å². The molecular formula is H17F5N4. The van der Waals surface area contributed by atoms with Crippen LogP contribution in [0.15, 0.2) is 0 Å². The van der Waals surface area contributed by atoms with Crippen LogP contribution < -0.4 is 24.6 Å². The van der Waals surface area contributed by atoms with E-state index in [2.05, 4.69) is 0 Å². The first kappa shape index (κ1) is 1830. The summed E-state index contributed by atoms with van der Waals surface area (Å²) in [6, 6.07) is 0. The lowest BCUT2D eigenvalue weighted by Crippen LogP contribution is -0.482. The first-order valence-corrected chi connectivity index (χ1v) is 0. The van der Waals surface area contributed by atoms with Gasteiger partial charge in [-0.15, -0.1) is 0 Å². The van der Waals surface area contributed by atoms with Gasteiger partial charge in [-0.05, 0) is 0 Å². The van der Waals surface area contributed by atoms with Crippen molar-refractivity contribution >= 4 is 0 Å². The van der Waals surface area contributed by atoms with Gasteiger partial charge in [0.1, 0.15) is 0 Å². The third-order valence-electron chi connectivity index (χ3n) is 0. The Labute approximate surface area is 49.6 Å². The highest BCUT2D eigenvalue weighted by Gasteiger charge is -0.264. The summed E-state index contributed by atoms with van der Waals surface area (Å²) < 4.78 is 0. The summed E-state index contributed by atoms with van der Waals surface area (Å²) >= 11 is 0. The van der Waals surface area contributed by atoms with Gasteiger partial charge in [-0.1, -0.05) is 0 Å². The van der Waals surface area contributed by atoms with Crippen LogP contribution >= 0.6 is 0 Å². The predicted molar refractivity (Wildman–Crippen MR) is 32.6 cm³/mol. The lowest BCUT2D eigenvalue weighted by Gasteiger charge is -0.345. The van der Waals surface area contributed by atoms with E-state index < -0.39 is 0 Å². The van der Waals surface area contributed by atoms with Crippen molar-refractivity contribution in [2.75, 3.05) is 0 Å². The number of hydrogen-bond donors (Lipinski definition) is 4. The molecule has 72 valence electrons. The molecule has 9 heteroatoms. The molecular weight excluding hydrogens is 151 g/mol. The standard InChI is InChI=1S/5FH.4H3N/h5*1H;4*1H3. The van der Waals surface area contributed by atoms with Crippen LogP contribution in [-0.2, 0) is 0 Å². The topological polar surface area (TPSA) is 140 Å². The minimum atomic E-state index is 0. The molecule has 0 heterocycles. The van der Waals surface area contributed by atoms with Crippen LogP contribution in [0.25, 0.3) is 0 Å². The third kappa shape index (κ3) is 868. The van der Waals surface area contributed by atoms with Gasteiger partial charge < -0.3 is 24.6 Å². The molecule has 0 aromatic rings. The van der Waals surface area contributed by atoms with Gasteiger partial charge in [-0.2, -0.15) is 0 Å². The summed E-state index contributed by atoms with van der Waals surface area (Å²) in [5, 5.41) is 0. The highest BCUT2D eigenvalue weighted by Crippen LogP contribution is 0.424. The smallest absolute Gasteiger partial charge is 0.269 e. The summed E-state index contributed by atoms with van der Waals surface area (Å²) in [6.45, 7) is 0. The molecule has 9 heavy (non-hydrogen) atoms. The van der Waals surface area contributed by atoms with Crippen molar-refractivity contribution in [1.29, 1.82) is 0 Å². The zero-order valence-electron chi connectivity index (χ0n) is 4.87. The van der Waals surface area contributed by atoms with Crippen LogP contribution in [0.3, 0.4) is 0 Å². The van der Waals surface area contributed by atoms with Gasteiger partial charge in [0.15, 0.2) is 0 Å². The maximum Gasteiger partial charge on any atom is -0.269 e. The Balaban J connectivity index is 0. The average Bonchev–Trinajstić information content (AvgIpc) is 0. The fourth-order valence-electron chi connectivity index (χ4n) is 0. The maximum absolute atomic E-state index is 0. The molecule has 0 radical (unpaired) electrons. The summed E-state index contributed by atoms with van der Waals surface area (Å²) in [5.41, 5.74) is 0. The molecule has 0 saturated heterocycles. The Hall–Kier alpha value is -0.510. The highest BCUT2D eigenvalue weighted by atomic mass is 19.0. The minimum Gasteiger partial charge on any atom is -0.344 e. The summed E-state index contributed by atoms with van der Waals surface area (Å²) in [6.07, 6.45) is 0. The van der Waals surface area contributed by atoms with Crippen LogP contribution in [0.2, 0.25) is 0 Å². The minimum absolute atomic E-state index is 0. The van der Waals surface area contributed by atoms with Gasteiger partial charge in [-0.3, -0.25) is 23.5 Å². The molecule has 0 bridgehead atoms. The molecule has 0 aromatic carbocycles. The van der Waals surface area contributed by atoms with Gasteiger partial charge in [0.2, 0.25) is 0 Å². The molecule has 0 atom stereocenters. The zero-order chi connectivity index (χ0) is 0. The van der Waals surface area contributed by atoms with Crippen LogP contribution in [-0.4, -0.2) is 0 Å². The van der Waals surface area contributed by atoms with Crippen LogP contribution in [0, 0.1) is 0 Å². The Kier molecular flexibility index (Phi) is 247000. The van der Waals surface area contributed by atoms with E-state index >= 15 is 0 Å². The molecule has 4 nitrogen and oxygen atoms in total. The normalized spacial score (nSPS) is 0. The second kappa shape index (κ2) is 1210. The number of rotatable bonds is 0. The molecule has 0 rings (SSSR count). The Morgan fingerprint density at radius 2 is 0.222 bits per heavy atom. The number of halogens is 5. The van der Waals surface area contributed by atoms with E-state index in [9.17, 15) is 0 Å². The largest absolute Gasteiger partial charge is 0.344 e. The van der Waals surface area contributed by atoms with Gasteiger partial charge in [0.05, 0.1) is 0 Å². The van der Waals surface area contributed by atoms with E-state index in [0.29, 0.717) is 0 Å². The van der Waals surface area contributed by atoms with Crippen LogP contribution in [0.4, 0.5) is 23.5 Å². The summed E-state index contributed by atoms with van der Waals surface area (Å²) in [7, 11) is 0. The summed E-state index contributed by atoms with van der Waals surface area (Å²) in [5.74, 6) is 0. The molecule has 0 amide bonds. The van der Waals surface area contributed by atoms with E-state index in [0.717, 1.165) is 0 Å². The second-order valence-electron chi connectivity index (χ2n) is 0. The lowest BCUT2D eigenvalue weighted by atomic mass is 14.0. The van der Waals surface area contributed by atoms with Crippen molar-refractivity contribution in [3.05, 3.63) is 0 Å². The van der Waals surface area contributed by atoms with E-state index in [-0.39, 0.29) is 48.1 Å². The van der Waals surface area contributed by atoms with E-state index in [4.69, 9.17) is 0 Å². The van der Waals surface area contributed by atoms with Crippen molar-refractivity contribution < 1.29 is 23.5 Å². The molecule has 0 aliphatic heterocycles. The van der Waals surface area contributed by atoms with Crippen LogP contribution in [0.1, 0.15) is 0 Å². The average molecular weight is 168 g/mol. The van der Waals surface area contributed by atoms with E-state index in [1.165, 1.54) is 0 Å². The van der Waals surface area contributed by atoms with Crippen LogP contribution in [0.5, 0.6) is 0 Å². The van der Waals surface area contributed by atoms with E-state index in [1.807, 2.05) is 0 Å². The Morgan fingerprint density at radius 3 is 0.222 bits per heavy atom. The van der Waals surface area contributed by atoms with Crippen molar-refractivity contribution in [2.24, 2.45) is 0 Å². The first-order chi connectivity index (χ1) is 0. The van der Waals surface area contributed by atoms with Gasteiger partial charge in [0.25, 0.3) is 0 Å². The molecule has 12 N–H and O–H groups in total. The molecule has 0 aromatic heterocycles. The summed E-state index contributed by atoms with van der Waals surface area (Å²) in [4.78, 5) is 0. The second-order valence-corrected chi connectivity index (χ2v) is 0. The predicted octanol–water partition coefficient (Wildman–Crippen LogP) is 1.41. The van der Waals surface area contributed by atoms with Crippen molar-refractivity contribution in [2.45, 2.75) is 0 Å². The van der Waals surface area contributed by atoms with Crippen molar-refractivity contribution in [3.8, 4) is 0 Å². The quantitative estimate of drug-likeness (QED) is 0.405. The zero-order valence-corrected chi connectivity index (χ0v) is 4.87. The van der Waals surface area contributed by atoms with E-state index in [1.54, 1.807) is 0 Å². The SMILES string of the molecule is F.F.F.F.F.N.N.N.N. The molecule has 0 unspecified atom stereocenters. The molecule has 0 aliphatic rings. The molecule has 0 spiro atoms. The number of hydrogen-bond acceptors (Lipinski definition) is 4. The molecule has 0 aliphatic carbocycles. The maximum atomic E-state index is 0.